The number of carbonyl (C=O) groups excluding carboxylic acids is 2. The third-order valence-electron chi connectivity index (χ3n) is 2.31. The lowest BCUT2D eigenvalue weighted by atomic mass is 9.85. The lowest BCUT2D eigenvalue weighted by molar-refractivity contribution is -0.184. The van der Waals surface area contributed by atoms with Crippen LogP contribution in [0.4, 0.5) is 8.78 Å². The fourth-order valence-corrected chi connectivity index (χ4v) is 1.62. The number of rotatable bonds is 2. The second-order valence-corrected chi connectivity index (χ2v) is 3.54. The Kier molecular flexibility index (Phi) is 3.18. The van der Waals surface area contributed by atoms with E-state index in [1.807, 2.05) is 0 Å². The van der Waals surface area contributed by atoms with Crippen LogP contribution in [0, 0.1) is 5.92 Å². The zero-order valence-electron chi connectivity index (χ0n) is 7.83. The Bertz CT molecular complexity index is 240. The highest BCUT2D eigenvalue weighted by Gasteiger charge is 2.47. The molecular weight excluding hydrogens is 194 g/mol. The van der Waals surface area contributed by atoms with Crippen molar-refractivity contribution in [3.63, 3.8) is 0 Å². The van der Waals surface area contributed by atoms with Crippen LogP contribution in [-0.4, -0.2) is 24.3 Å². The lowest BCUT2D eigenvalue weighted by Crippen LogP contribution is -2.43. The number of ether oxygens (including phenoxy) is 1. The van der Waals surface area contributed by atoms with E-state index in [4.69, 9.17) is 0 Å². The average molecular weight is 206 g/mol. The van der Waals surface area contributed by atoms with E-state index < -0.39 is 30.3 Å². The third kappa shape index (κ3) is 2.49. The summed E-state index contributed by atoms with van der Waals surface area (Å²) >= 11 is 0. The minimum absolute atomic E-state index is 0.0516. The Morgan fingerprint density at radius 3 is 2.57 bits per heavy atom. The summed E-state index contributed by atoms with van der Waals surface area (Å²) < 4.78 is 31.0. The van der Waals surface area contributed by atoms with Gasteiger partial charge in [-0.3, -0.25) is 4.79 Å². The first-order chi connectivity index (χ1) is 6.45. The van der Waals surface area contributed by atoms with Gasteiger partial charge in [0.2, 0.25) is 0 Å². The van der Waals surface area contributed by atoms with Crippen molar-refractivity contribution in [2.45, 2.75) is 38.2 Å². The molecule has 0 amide bonds. The second-order valence-electron chi connectivity index (χ2n) is 3.54. The van der Waals surface area contributed by atoms with Gasteiger partial charge >= 0.3 is 5.97 Å². The quantitative estimate of drug-likeness (QED) is 0.508. The van der Waals surface area contributed by atoms with Crippen LogP contribution < -0.4 is 0 Å². The molecule has 1 rings (SSSR count). The summed E-state index contributed by atoms with van der Waals surface area (Å²) in [6, 6.07) is 0. The van der Waals surface area contributed by atoms with Crippen LogP contribution in [0.2, 0.25) is 0 Å². The number of hydrogen-bond acceptors (Lipinski definition) is 3. The van der Waals surface area contributed by atoms with Crippen LogP contribution in [0.3, 0.4) is 0 Å². The fourth-order valence-electron chi connectivity index (χ4n) is 1.62. The van der Waals surface area contributed by atoms with Crippen LogP contribution in [0.25, 0.3) is 0 Å². The van der Waals surface area contributed by atoms with Gasteiger partial charge in [0, 0.05) is 19.3 Å². The Labute approximate surface area is 80.4 Å². The summed E-state index contributed by atoms with van der Waals surface area (Å²) in [5, 5.41) is 0. The molecule has 0 saturated heterocycles. The topological polar surface area (TPSA) is 43.4 Å². The fraction of sp³-hybridized carbons (Fsp3) is 0.778. The highest BCUT2D eigenvalue weighted by Crippen LogP contribution is 2.37. The van der Waals surface area contributed by atoms with Gasteiger partial charge in [0.1, 0.15) is 6.29 Å². The molecule has 0 unspecified atom stereocenters. The molecule has 1 aliphatic rings. The molecule has 1 aliphatic carbocycles. The van der Waals surface area contributed by atoms with Crippen LogP contribution in [0.1, 0.15) is 26.2 Å². The lowest BCUT2D eigenvalue weighted by Gasteiger charge is -2.33. The molecule has 0 heterocycles. The van der Waals surface area contributed by atoms with Crippen molar-refractivity contribution in [2.75, 3.05) is 0 Å². The van der Waals surface area contributed by atoms with Gasteiger partial charge in [-0.2, -0.15) is 0 Å². The predicted octanol–water partition coefficient (Wildman–Crippen LogP) is 1.55. The molecule has 3 nitrogen and oxygen atoms in total. The molecule has 0 radical (unpaired) electrons. The van der Waals surface area contributed by atoms with Gasteiger partial charge < -0.3 is 9.53 Å². The first-order valence-electron chi connectivity index (χ1n) is 4.46. The van der Waals surface area contributed by atoms with E-state index in [9.17, 15) is 18.4 Å². The molecule has 0 N–H and O–H groups in total. The summed E-state index contributed by atoms with van der Waals surface area (Å²) in [5.41, 5.74) is 0. The molecule has 0 bridgehead atoms. The molecule has 0 aromatic carbocycles. The maximum atomic E-state index is 13.2. The van der Waals surface area contributed by atoms with Crippen LogP contribution in [-0.2, 0) is 14.3 Å². The van der Waals surface area contributed by atoms with Crippen LogP contribution in [0.15, 0.2) is 0 Å². The zero-order chi connectivity index (χ0) is 10.8. The van der Waals surface area contributed by atoms with E-state index in [-0.39, 0.29) is 6.42 Å². The normalized spacial score (nSPS) is 30.8. The highest BCUT2D eigenvalue weighted by atomic mass is 19.3. The molecule has 0 aromatic heterocycles. The second kappa shape index (κ2) is 4.02. The van der Waals surface area contributed by atoms with Gasteiger partial charge in [-0.25, -0.2) is 8.78 Å². The highest BCUT2D eigenvalue weighted by molar-refractivity contribution is 5.66. The minimum atomic E-state index is -3.07. The van der Waals surface area contributed by atoms with Gasteiger partial charge in [0.25, 0.3) is 5.92 Å². The molecule has 0 spiro atoms. The van der Waals surface area contributed by atoms with E-state index in [1.165, 1.54) is 0 Å². The van der Waals surface area contributed by atoms with Gasteiger partial charge in [-0.15, -0.1) is 0 Å². The molecule has 0 aliphatic heterocycles. The van der Waals surface area contributed by atoms with Crippen molar-refractivity contribution in [2.24, 2.45) is 5.92 Å². The molecule has 5 heteroatoms. The maximum absolute atomic E-state index is 13.2. The standard InChI is InChI=1S/C9H12F2O3/c1-6(13)14-8-3-2-7(5-12)4-9(8,10)11/h5,7-8H,2-4H2,1H3/t7-,8-/m1/s1. The Hall–Kier alpha value is -1.00. The predicted molar refractivity (Wildman–Crippen MR) is 43.9 cm³/mol. The van der Waals surface area contributed by atoms with E-state index in [2.05, 4.69) is 4.74 Å². The number of halogens is 2. The number of esters is 1. The van der Waals surface area contributed by atoms with Crippen LogP contribution >= 0.6 is 0 Å². The minimum Gasteiger partial charge on any atom is -0.456 e. The largest absolute Gasteiger partial charge is 0.456 e. The molecule has 0 aromatic rings. The summed E-state index contributed by atoms with van der Waals surface area (Å²) in [4.78, 5) is 20.9. The zero-order valence-corrected chi connectivity index (χ0v) is 7.83. The van der Waals surface area contributed by atoms with Gasteiger partial charge in [0.15, 0.2) is 6.10 Å². The molecule has 14 heavy (non-hydrogen) atoms. The smallest absolute Gasteiger partial charge is 0.303 e. The van der Waals surface area contributed by atoms with E-state index in [0.717, 1.165) is 6.92 Å². The number of carbonyl (C=O) groups is 2. The molecule has 80 valence electrons. The van der Waals surface area contributed by atoms with E-state index >= 15 is 0 Å². The number of hydrogen-bond donors (Lipinski definition) is 0. The third-order valence-corrected chi connectivity index (χ3v) is 2.31. The van der Waals surface area contributed by atoms with E-state index in [0.29, 0.717) is 12.7 Å². The van der Waals surface area contributed by atoms with Crippen molar-refractivity contribution < 1.29 is 23.1 Å². The van der Waals surface area contributed by atoms with Crippen LogP contribution in [0.5, 0.6) is 0 Å². The molecule has 1 saturated carbocycles. The van der Waals surface area contributed by atoms with Gasteiger partial charge in [-0.1, -0.05) is 0 Å². The van der Waals surface area contributed by atoms with E-state index in [1.54, 1.807) is 0 Å². The first kappa shape index (κ1) is 11.1. The van der Waals surface area contributed by atoms with Crippen molar-refractivity contribution in [3.8, 4) is 0 Å². The Balaban J connectivity index is 2.62. The van der Waals surface area contributed by atoms with Crippen molar-refractivity contribution in [1.82, 2.24) is 0 Å². The molecule has 1 fully saturated rings. The molecular formula is C9H12F2O3. The Morgan fingerprint density at radius 1 is 1.50 bits per heavy atom. The first-order valence-corrected chi connectivity index (χ1v) is 4.46. The van der Waals surface area contributed by atoms with Gasteiger partial charge in [0.05, 0.1) is 0 Å². The summed E-state index contributed by atoms with van der Waals surface area (Å²) in [7, 11) is 0. The molecule has 2 atom stereocenters. The summed E-state index contributed by atoms with van der Waals surface area (Å²) in [5.74, 6) is -4.40. The summed E-state index contributed by atoms with van der Waals surface area (Å²) in [6.45, 7) is 1.10. The number of aldehydes is 1. The maximum Gasteiger partial charge on any atom is 0.303 e. The van der Waals surface area contributed by atoms with Crippen molar-refractivity contribution in [1.29, 1.82) is 0 Å². The summed E-state index contributed by atoms with van der Waals surface area (Å²) in [6.07, 6.45) is -0.935. The number of alkyl halides is 2. The SMILES string of the molecule is CC(=O)O[C@@H]1CC[C@@H](C=O)CC1(F)F. The van der Waals surface area contributed by atoms with Gasteiger partial charge in [-0.05, 0) is 12.8 Å². The van der Waals surface area contributed by atoms with Crippen molar-refractivity contribution in [3.05, 3.63) is 0 Å². The Morgan fingerprint density at radius 2 is 2.14 bits per heavy atom. The van der Waals surface area contributed by atoms with Crippen molar-refractivity contribution >= 4 is 12.3 Å². The monoisotopic (exact) mass is 206 g/mol. The average Bonchev–Trinajstić information content (AvgIpc) is 2.07.